The van der Waals surface area contributed by atoms with Crippen molar-refractivity contribution >= 4 is 5.91 Å². The van der Waals surface area contributed by atoms with Crippen LogP contribution < -0.4 is 5.73 Å². The quantitative estimate of drug-likeness (QED) is 0.844. The maximum absolute atomic E-state index is 12.3. The molecule has 19 heavy (non-hydrogen) atoms. The normalized spacial score (nSPS) is 24.0. The molecule has 0 saturated carbocycles. The van der Waals surface area contributed by atoms with Gasteiger partial charge in [0.25, 0.3) is 5.91 Å². The first-order valence-corrected chi connectivity index (χ1v) is 6.69. The fourth-order valence-electron chi connectivity index (χ4n) is 2.51. The summed E-state index contributed by atoms with van der Waals surface area (Å²) in [6.07, 6.45) is -0.299. The van der Waals surface area contributed by atoms with Gasteiger partial charge in [-0.1, -0.05) is 44.2 Å². The molecule has 104 valence electrons. The highest BCUT2D eigenvalue weighted by Gasteiger charge is 2.37. The third-order valence-corrected chi connectivity index (χ3v) is 3.97. The second-order valence-corrected chi connectivity index (χ2v) is 5.96. The summed E-state index contributed by atoms with van der Waals surface area (Å²) in [5, 5.41) is 10.2. The van der Waals surface area contributed by atoms with Crippen molar-refractivity contribution in [2.24, 2.45) is 11.1 Å². The fraction of sp³-hybridized carbons (Fsp3) is 0.533. The van der Waals surface area contributed by atoms with E-state index in [9.17, 15) is 9.90 Å². The number of aliphatic hydroxyl groups is 1. The number of hydrogen-bond donors (Lipinski definition) is 2. The molecular weight excluding hydrogens is 240 g/mol. The van der Waals surface area contributed by atoms with Crippen LogP contribution in [0.5, 0.6) is 0 Å². The summed E-state index contributed by atoms with van der Waals surface area (Å²) in [5.41, 5.74) is 6.59. The van der Waals surface area contributed by atoms with Gasteiger partial charge in [0.1, 0.15) is 0 Å². The van der Waals surface area contributed by atoms with Crippen LogP contribution in [-0.2, 0) is 4.79 Å². The van der Waals surface area contributed by atoms with E-state index >= 15 is 0 Å². The lowest BCUT2D eigenvalue weighted by Gasteiger charge is -2.43. The van der Waals surface area contributed by atoms with E-state index in [1.165, 1.54) is 0 Å². The molecule has 0 aromatic heterocycles. The molecule has 1 aromatic carbocycles. The Hall–Kier alpha value is -1.39. The number of rotatable bonds is 2. The van der Waals surface area contributed by atoms with E-state index in [2.05, 4.69) is 13.8 Å². The van der Waals surface area contributed by atoms with Crippen LogP contribution in [0.1, 0.15) is 31.9 Å². The van der Waals surface area contributed by atoms with Crippen molar-refractivity contribution in [3.63, 3.8) is 0 Å². The van der Waals surface area contributed by atoms with Crippen LogP contribution in [0.4, 0.5) is 0 Å². The number of amides is 1. The molecule has 0 bridgehead atoms. The van der Waals surface area contributed by atoms with Crippen LogP contribution in [0, 0.1) is 5.41 Å². The van der Waals surface area contributed by atoms with Crippen molar-refractivity contribution in [3.05, 3.63) is 35.9 Å². The standard InChI is InChI=1S/C15H22N2O2/c1-15(2)10-17(9-8-12(15)16)14(19)13(18)11-6-4-3-5-7-11/h3-7,12-13,18H,8-10,16H2,1-2H3. The van der Waals surface area contributed by atoms with Gasteiger partial charge < -0.3 is 15.7 Å². The highest BCUT2D eigenvalue weighted by molar-refractivity contribution is 5.82. The largest absolute Gasteiger partial charge is 0.378 e. The number of hydrogen-bond acceptors (Lipinski definition) is 3. The van der Waals surface area contributed by atoms with Gasteiger partial charge in [-0.25, -0.2) is 0 Å². The summed E-state index contributed by atoms with van der Waals surface area (Å²) in [5.74, 6) is -0.230. The number of carbonyl (C=O) groups excluding carboxylic acids is 1. The Labute approximate surface area is 114 Å². The molecule has 1 amide bonds. The van der Waals surface area contributed by atoms with E-state index in [0.717, 1.165) is 6.42 Å². The zero-order chi connectivity index (χ0) is 14.0. The lowest BCUT2D eigenvalue weighted by Crippen LogP contribution is -2.54. The van der Waals surface area contributed by atoms with Crippen LogP contribution in [0.3, 0.4) is 0 Å². The first kappa shape index (κ1) is 14.0. The third kappa shape index (κ3) is 2.96. The molecule has 1 saturated heterocycles. The highest BCUT2D eigenvalue weighted by atomic mass is 16.3. The Bertz CT molecular complexity index is 445. The molecule has 2 rings (SSSR count). The second kappa shape index (κ2) is 5.31. The molecule has 0 spiro atoms. The first-order chi connectivity index (χ1) is 8.92. The Morgan fingerprint density at radius 3 is 2.63 bits per heavy atom. The summed E-state index contributed by atoms with van der Waals surface area (Å²) in [6, 6.07) is 9.14. The molecule has 1 aromatic rings. The van der Waals surface area contributed by atoms with E-state index in [1.807, 2.05) is 18.2 Å². The fourth-order valence-corrected chi connectivity index (χ4v) is 2.51. The predicted octanol–water partition coefficient (Wildman–Crippen LogP) is 1.31. The van der Waals surface area contributed by atoms with Crippen molar-refractivity contribution < 1.29 is 9.90 Å². The molecular formula is C15H22N2O2. The van der Waals surface area contributed by atoms with E-state index in [4.69, 9.17) is 5.73 Å². The molecule has 3 N–H and O–H groups in total. The number of aliphatic hydroxyl groups excluding tert-OH is 1. The minimum Gasteiger partial charge on any atom is -0.378 e. The van der Waals surface area contributed by atoms with Gasteiger partial charge in [-0.3, -0.25) is 4.79 Å². The van der Waals surface area contributed by atoms with Gasteiger partial charge in [0.05, 0.1) is 0 Å². The van der Waals surface area contributed by atoms with Crippen LogP contribution >= 0.6 is 0 Å². The molecule has 4 nitrogen and oxygen atoms in total. The zero-order valence-electron chi connectivity index (χ0n) is 11.5. The van der Waals surface area contributed by atoms with Gasteiger partial charge in [0.15, 0.2) is 6.10 Å². The van der Waals surface area contributed by atoms with Crippen molar-refractivity contribution in [1.29, 1.82) is 0 Å². The lowest BCUT2D eigenvalue weighted by atomic mass is 9.79. The molecule has 1 fully saturated rings. The average Bonchev–Trinajstić information content (AvgIpc) is 2.41. The Morgan fingerprint density at radius 1 is 1.42 bits per heavy atom. The van der Waals surface area contributed by atoms with Crippen molar-refractivity contribution in [2.75, 3.05) is 13.1 Å². The summed E-state index contributed by atoms with van der Waals surface area (Å²) in [7, 11) is 0. The molecule has 1 heterocycles. The summed E-state index contributed by atoms with van der Waals surface area (Å²) >= 11 is 0. The number of benzene rings is 1. The van der Waals surface area contributed by atoms with E-state index in [-0.39, 0.29) is 17.4 Å². The zero-order valence-corrected chi connectivity index (χ0v) is 11.5. The average molecular weight is 262 g/mol. The third-order valence-electron chi connectivity index (χ3n) is 3.97. The molecule has 0 radical (unpaired) electrons. The number of carbonyl (C=O) groups is 1. The molecule has 4 heteroatoms. The summed E-state index contributed by atoms with van der Waals surface area (Å²) in [4.78, 5) is 14.1. The first-order valence-electron chi connectivity index (χ1n) is 6.69. The van der Waals surface area contributed by atoms with Crippen LogP contribution in [0.25, 0.3) is 0 Å². The molecule has 2 atom stereocenters. The number of likely N-dealkylation sites (tertiary alicyclic amines) is 1. The van der Waals surface area contributed by atoms with Gasteiger partial charge in [-0.2, -0.15) is 0 Å². The Kier molecular flexibility index (Phi) is 3.92. The smallest absolute Gasteiger partial charge is 0.256 e. The van der Waals surface area contributed by atoms with Gasteiger partial charge in [0, 0.05) is 19.1 Å². The van der Waals surface area contributed by atoms with E-state index < -0.39 is 6.10 Å². The molecule has 2 unspecified atom stereocenters. The molecule has 1 aliphatic heterocycles. The maximum atomic E-state index is 12.3. The molecule has 0 aliphatic carbocycles. The van der Waals surface area contributed by atoms with Gasteiger partial charge in [-0.15, -0.1) is 0 Å². The van der Waals surface area contributed by atoms with Crippen molar-refractivity contribution in [2.45, 2.75) is 32.4 Å². The second-order valence-electron chi connectivity index (χ2n) is 5.96. The maximum Gasteiger partial charge on any atom is 0.256 e. The van der Waals surface area contributed by atoms with Gasteiger partial charge in [0.2, 0.25) is 0 Å². The van der Waals surface area contributed by atoms with Crippen molar-refractivity contribution in [3.8, 4) is 0 Å². The van der Waals surface area contributed by atoms with Crippen LogP contribution in [0.2, 0.25) is 0 Å². The Balaban J connectivity index is 2.08. The SMILES string of the molecule is CC1(C)CN(C(=O)C(O)c2ccccc2)CCC1N. The number of nitrogens with zero attached hydrogens (tertiary/aromatic N) is 1. The van der Waals surface area contributed by atoms with Crippen LogP contribution in [0.15, 0.2) is 30.3 Å². The predicted molar refractivity (Wildman–Crippen MR) is 74.4 cm³/mol. The minimum absolute atomic E-state index is 0.102. The number of nitrogens with two attached hydrogens (primary N) is 1. The van der Waals surface area contributed by atoms with Gasteiger partial charge >= 0.3 is 0 Å². The number of piperidine rings is 1. The summed E-state index contributed by atoms with van der Waals surface area (Å²) < 4.78 is 0. The lowest BCUT2D eigenvalue weighted by molar-refractivity contribution is -0.144. The topological polar surface area (TPSA) is 66.6 Å². The highest BCUT2D eigenvalue weighted by Crippen LogP contribution is 2.29. The minimum atomic E-state index is -1.08. The summed E-state index contributed by atoms with van der Waals surface area (Å²) in [6.45, 7) is 5.34. The Morgan fingerprint density at radius 2 is 2.05 bits per heavy atom. The monoisotopic (exact) mass is 262 g/mol. The van der Waals surface area contributed by atoms with E-state index in [0.29, 0.717) is 18.7 Å². The van der Waals surface area contributed by atoms with Crippen LogP contribution in [-0.4, -0.2) is 35.0 Å². The molecule has 1 aliphatic rings. The van der Waals surface area contributed by atoms with Crippen molar-refractivity contribution in [1.82, 2.24) is 4.90 Å². The van der Waals surface area contributed by atoms with E-state index in [1.54, 1.807) is 17.0 Å². The van der Waals surface area contributed by atoms with Gasteiger partial charge in [-0.05, 0) is 17.4 Å².